The Morgan fingerprint density at radius 3 is 2.56 bits per heavy atom. The van der Waals surface area contributed by atoms with Crippen molar-refractivity contribution >= 4 is 22.8 Å². The molecule has 1 aromatic heterocycles. The number of nitrogens with two attached hydrogens (primary N) is 1. The molecule has 0 atom stereocenters. The van der Waals surface area contributed by atoms with Crippen molar-refractivity contribution in [2.45, 2.75) is 29.8 Å². The Morgan fingerprint density at radius 2 is 1.81 bits per heavy atom. The molecule has 1 aliphatic rings. The molecule has 142 valence electrons. The van der Waals surface area contributed by atoms with Gasteiger partial charge in [0.15, 0.2) is 5.16 Å². The lowest BCUT2D eigenvalue weighted by atomic mass is 10.1. The molecule has 0 amide bonds. The van der Waals surface area contributed by atoms with Gasteiger partial charge in [-0.3, -0.25) is 0 Å². The van der Waals surface area contributed by atoms with Crippen LogP contribution in [0.3, 0.4) is 0 Å². The largest absolute Gasteiger partial charge is 0.329 e. The van der Waals surface area contributed by atoms with E-state index < -0.39 is 0 Å². The standard InChI is InChI=1S/C21H25FN4S/c22-17-7-5-16(6-8-17)15-26-20-4-2-1-3-19(20)24-21(26)27-18-9-12-25(13-10-18)14-11-23/h1-8,18H,9-15,23H2. The third-order valence-corrected chi connectivity index (χ3v) is 6.45. The topological polar surface area (TPSA) is 47.1 Å². The highest BCUT2D eigenvalue weighted by molar-refractivity contribution is 7.99. The van der Waals surface area contributed by atoms with Crippen LogP contribution >= 0.6 is 11.8 Å². The number of nitrogens with zero attached hydrogens (tertiary/aromatic N) is 3. The number of aromatic nitrogens is 2. The van der Waals surface area contributed by atoms with Crippen molar-refractivity contribution in [2.75, 3.05) is 26.2 Å². The zero-order valence-electron chi connectivity index (χ0n) is 15.4. The average molecular weight is 385 g/mol. The summed E-state index contributed by atoms with van der Waals surface area (Å²) in [5.41, 5.74) is 8.91. The van der Waals surface area contributed by atoms with Crippen molar-refractivity contribution < 1.29 is 4.39 Å². The molecule has 0 bridgehead atoms. The van der Waals surface area contributed by atoms with E-state index in [2.05, 4.69) is 21.6 Å². The number of hydrogen-bond donors (Lipinski definition) is 1. The number of thioether (sulfide) groups is 1. The fourth-order valence-electron chi connectivity index (χ4n) is 3.65. The van der Waals surface area contributed by atoms with Crippen LogP contribution in [0.25, 0.3) is 11.0 Å². The normalized spacial score (nSPS) is 16.2. The van der Waals surface area contributed by atoms with E-state index in [1.807, 2.05) is 36.0 Å². The van der Waals surface area contributed by atoms with E-state index in [4.69, 9.17) is 10.7 Å². The maximum absolute atomic E-state index is 13.3. The number of imidazole rings is 1. The molecule has 2 aromatic carbocycles. The van der Waals surface area contributed by atoms with Crippen LogP contribution in [-0.2, 0) is 6.54 Å². The van der Waals surface area contributed by atoms with E-state index in [1.165, 1.54) is 12.1 Å². The SMILES string of the molecule is NCCN1CCC(Sc2nc3ccccc3n2Cc2ccc(F)cc2)CC1. The zero-order valence-corrected chi connectivity index (χ0v) is 16.2. The highest BCUT2D eigenvalue weighted by atomic mass is 32.2. The van der Waals surface area contributed by atoms with Crippen molar-refractivity contribution in [1.82, 2.24) is 14.5 Å². The lowest BCUT2D eigenvalue weighted by Crippen LogP contribution is -2.37. The van der Waals surface area contributed by atoms with Crippen LogP contribution in [-0.4, -0.2) is 45.9 Å². The third-order valence-electron chi connectivity index (χ3n) is 5.13. The van der Waals surface area contributed by atoms with E-state index in [1.54, 1.807) is 0 Å². The Bertz CT molecular complexity index is 885. The zero-order chi connectivity index (χ0) is 18.6. The number of likely N-dealkylation sites (tertiary alicyclic amines) is 1. The molecule has 1 saturated heterocycles. The predicted molar refractivity (Wildman–Crippen MR) is 110 cm³/mol. The summed E-state index contributed by atoms with van der Waals surface area (Å²) in [5.74, 6) is -0.201. The highest BCUT2D eigenvalue weighted by Crippen LogP contribution is 2.32. The summed E-state index contributed by atoms with van der Waals surface area (Å²) in [6, 6.07) is 15.0. The van der Waals surface area contributed by atoms with Crippen molar-refractivity contribution in [3.05, 3.63) is 59.9 Å². The minimum absolute atomic E-state index is 0.201. The summed E-state index contributed by atoms with van der Waals surface area (Å²) >= 11 is 1.88. The smallest absolute Gasteiger partial charge is 0.169 e. The Hall–Kier alpha value is -1.89. The van der Waals surface area contributed by atoms with Crippen LogP contribution in [0.2, 0.25) is 0 Å². The molecule has 27 heavy (non-hydrogen) atoms. The van der Waals surface area contributed by atoms with E-state index in [-0.39, 0.29) is 5.82 Å². The van der Waals surface area contributed by atoms with E-state index in [0.717, 1.165) is 60.8 Å². The molecule has 0 unspecified atom stereocenters. The molecule has 0 saturated carbocycles. The fourth-order valence-corrected chi connectivity index (χ4v) is 4.84. The minimum Gasteiger partial charge on any atom is -0.329 e. The van der Waals surface area contributed by atoms with Gasteiger partial charge in [-0.15, -0.1) is 0 Å². The van der Waals surface area contributed by atoms with Gasteiger partial charge in [-0.05, 0) is 55.8 Å². The monoisotopic (exact) mass is 384 g/mol. The average Bonchev–Trinajstić information content (AvgIpc) is 3.02. The summed E-state index contributed by atoms with van der Waals surface area (Å²) in [6.07, 6.45) is 2.31. The molecule has 0 spiro atoms. The minimum atomic E-state index is -0.201. The first-order valence-corrected chi connectivity index (χ1v) is 10.4. The van der Waals surface area contributed by atoms with Crippen molar-refractivity contribution in [1.29, 1.82) is 0 Å². The quantitative estimate of drug-likeness (QED) is 0.703. The van der Waals surface area contributed by atoms with Crippen LogP contribution in [0, 0.1) is 5.82 Å². The molecule has 4 nitrogen and oxygen atoms in total. The summed E-state index contributed by atoms with van der Waals surface area (Å²) < 4.78 is 15.5. The third kappa shape index (κ3) is 4.34. The number of hydrogen-bond acceptors (Lipinski definition) is 4. The van der Waals surface area contributed by atoms with Gasteiger partial charge in [-0.25, -0.2) is 9.37 Å². The Morgan fingerprint density at radius 1 is 1.07 bits per heavy atom. The van der Waals surface area contributed by atoms with Gasteiger partial charge in [0.05, 0.1) is 17.6 Å². The molecule has 6 heteroatoms. The van der Waals surface area contributed by atoms with Crippen LogP contribution in [0.1, 0.15) is 18.4 Å². The summed E-state index contributed by atoms with van der Waals surface area (Å²) in [6.45, 7) is 4.63. The van der Waals surface area contributed by atoms with Gasteiger partial charge in [0, 0.05) is 18.3 Å². The van der Waals surface area contributed by atoms with Gasteiger partial charge in [-0.2, -0.15) is 0 Å². The molecule has 2 heterocycles. The first-order chi connectivity index (χ1) is 13.2. The number of benzene rings is 2. The lowest BCUT2D eigenvalue weighted by molar-refractivity contribution is 0.239. The first-order valence-electron chi connectivity index (χ1n) is 9.52. The molecular weight excluding hydrogens is 359 g/mol. The molecule has 1 fully saturated rings. The van der Waals surface area contributed by atoms with Gasteiger partial charge in [-0.1, -0.05) is 36.0 Å². The fraction of sp³-hybridized carbons (Fsp3) is 0.381. The van der Waals surface area contributed by atoms with Crippen LogP contribution in [0.15, 0.2) is 53.7 Å². The van der Waals surface area contributed by atoms with Gasteiger partial charge in [0.25, 0.3) is 0 Å². The van der Waals surface area contributed by atoms with Gasteiger partial charge >= 0.3 is 0 Å². The molecule has 4 rings (SSSR count). The van der Waals surface area contributed by atoms with Gasteiger partial charge in [0.1, 0.15) is 5.82 Å². The van der Waals surface area contributed by atoms with Gasteiger partial charge in [0.2, 0.25) is 0 Å². The molecular formula is C21H25FN4S. The molecule has 0 aliphatic carbocycles. The summed E-state index contributed by atoms with van der Waals surface area (Å²) in [7, 11) is 0. The number of fused-ring (bicyclic) bond motifs is 1. The summed E-state index contributed by atoms with van der Waals surface area (Å²) in [4.78, 5) is 7.34. The summed E-state index contributed by atoms with van der Waals surface area (Å²) in [5, 5.41) is 1.63. The van der Waals surface area contributed by atoms with E-state index in [0.29, 0.717) is 11.8 Å². The van der Waals surface area contributed by atoms with E-state index >= 15 is 0 Å². The number of para-hydroxylation sites is 2. The Labute approximate surface area is 163 Å². The lowest BCUT2D eigenvalue weighted by Gasteiger charge is -2.31. The van der Waals surface area contributed by atoms with Gasteiger partial charge < -0.3 is 15.2 Å². The number of halogens is 1. The van der Waals surface area contributed by atoms with Crippen LogP contribution < -0.4 is 5.73 Å². The molecule has 1 aliphatic heterocycles. The number of piperidine rings is 1. The Balaban J connectivity index is 1.56. The van der Waals surface area contributed by atoms with Crippen molar-refractivity contribution in [3.8, 4) is 0 Å². The Kier molecular flexibility index (Phi) is 5.76. The second-order valence-electron chi connectivity index (χ2n) is 7.04. The molecule has 0 radical (unpaired) electrons. The second kappa shape index (κ2) is 8.42. The van der Waals surface area contributed by atoms with Crippen molar-refractivity contribution in [2.24, 2.45) is 5.73 Å². The highest BCUT2D eigenvalue weighted by Gasteiger charge is 2.22. The second-order valence-corrected chi connectivity index (χ2v) is 8.31. The molecule has 2 N–H and O–H groups in total. The molecule has 3 aromatic rings. The van der Waals surface area contributed by atoms with Crippen LogP contribution in [0.4, 0.5) is 4.39 Å². The number of rotatable bonds is 6. The first kappa shape index (κ1) is 18.5. The van der Waals surface area contributed by atoms with E-state index in [9.17, 15) is 4.39 Å². The maximum atomic E-state index is 13.3. The maximum Gasteiger partial charge on any atom is 0.169 e. The predicted octanol–water partition coefficient (Wildman–Crippen LogP) is 3.74. The van der Waals surface area contributed by atoms with Crippen LogP contribution in [0.5, 0.6) is 0 Å². The van der Waals surface area contributed by atoms with Crippen molar-refractivity contribution in [3.63, 3.8) is 0 Å².